The fourth-order valence-corrected chi connectivity index (χ4v) is 2.22. The molecule has 0 aliphatic carbocycles. The largest absolute Gasteiger partial charge is 0.292 e. The van der Waals surface area contributed by atoms with Crippen LogP contribution in [0.25, 0.3) is 0 Å². The minimum atomic E-state index is -0.00636. The highest BCUT2D eigenvalue weighted by Crippen LogP contribution is 2.16. The maximum Gasteiger partial charge on any atom is 0.188 e. The first kappa shape index (κ1) is 13.0. The second-order valence-electron chi connectivity index (χ2n) is 4.04. The van der Waals surface area contributed by atoms with Crippen molar-refractivity contribution in [3.63, 3.8) is 0 Å². The summed E-state index contributed by atoms with van der Waals surface area (Å²) in [4.78, 5) is 16.3. The number of pyridine rings is 1. The lowest BCUT2D eigenvalue weighted by atomic mass is 10.1. The fraction of sp³-hybridized carbons (Fsp3) is 0.308. The Bertz CT molecular complexity index is 577. The van der Waals surface area contributed by atoms with Gasteiger partial charge in [0, 0.05) is 23.4 Å². The number of halogens is 1. The summed E-state index contributed by atoms with van der Waals surface area (Å²) < 4.78 is 2.49. The van der Waals surface area contributed by atoms with Gasteiger partial charge < -0.3 is 0 Å². The van der Waals surface area contributed by atoms with Gasteiger partial charge in [-0.3, -0.25) is 14.5 Å². The number of Topliss-reactive ketones (excluding diaryl/α,β-unsaturated/α-hetero) is 1. The van der Waals surface area contributed by atoms with E-state index in [1.807, 2.05) is 26.1 Å². The maximum absolute atomic E-state index is 12.2. The maximum atomic E-state index is 12.2. The van der Waals surface area contributed by atoms with Crippen molar-refractivity contribution in [1.82, 2.24) is 14.8 Å². The van der Waals surface area contributed by atoms with Crippen molar-refractivity contribution in [2.45, 2.75) is 19.8 Å². The van der Waals surface area contributed by atoms with E-state index >= 15 is 0 Å². The second-order valence-corrected chi connectivity index (χ2v) is 4.89. The highest BCUT2D eigenvalue weighted by Gasteiger charge is 2.14. The van der Waals surface area contributed by atoms with E-state index < -0.39 is 0 Å². The summed E-state index contributed by atoms with van der Waals surface area (Å²) in [5.41, 5.74) is 2.38. The third-order valence-electron chi connectivity index (χ3n) is 2.75. The van der Waals surface area contributed by atoms with Crippen LogP contribution in [0.2, 0.25) is 0 Å². The monoisotopic (exact) mass is 307 g/mol. The molecule has 2 heterocycles. The van der Waals surface area contributed by atoms with Gasteiger partial charge in [-0.1, -0.05) is 6.92 Å². The van der Waals surface area contributed by atoms with E-state index in [4.69, 9.17) is 0 Å². The Morgan fingerprint density at radius 3 is 2.89 bits per heavy atom. The van der Waals surface area contributed by atoms with Crippen LogP contribution in [-0.4, -0.2) is 20.5 Å². The average Bonchev–Trinajstić information content (AvgIpc) is 2.70. The smallest absolute Gasteiger partial charge is 0.188 e. The Kier molecular flexibility index (Phi) is 3.91. The zero-order chi connectivity index (χ0) is 13.1. The zero-order valence-electron chi connectivity index (χ0n) is 10.4. The van der Waals surface area contributed by atoms with E-state index in [-0.39, 0.29) is 5.78 Å². The second kappa shape index (κ2) is 5.44. The van der Waals surface area contributed by atoms with Crippen LogP contribution in [0.3, 0.4) is 0 Å². The number of hydrogen-bond donors (Lipinski definition) is 0. The molecule has 0 aliphatic rings. The number of ketones is 1. The number of aryl methyl sites for hydroxylation is 2. The third kappa shape index (κ3) is 2.67. The standard InChI is InChI=1S/C13H14BrN3O/c1-3-9-7-10(17(2)16-9)8-12(18)13-11(14)5-4-6-15-13/h4-7H,3,8H2,1-2H3. The van der Waals surface area contributed by atoms with Gasteiger partial charge in [-0.15, -0.1) is 0 Å². The van der Waals surface area contributed by atoms with Gasteiger partial charge in [0.15, 0.2) is 5.78 Å². The summed E-state index contributed by atoms with van der Waals surface area (Å²) in [7, 11) is 1.86. The van der Waals surface area contributed by atoms with Gasteiger partial charge in [0.05, 0.1) is 12.1 Å². The summed E-state index contributed by atoms with van der Waals surface area (Å²) in [6.45, 7) is 2.04. The van der Waals surface area contributed by atoms with Crippen molar-refractivity contribution in [2.75, 3.05) is 0 Å². The summed E-state index contributed by atoms with van der Waals surface area (Å²) in [5, 5.41) is 4.33. The number of carbonyl (C=O) groups is 1. The predicted octanol–water partition coefficient (Wildman–Crippen LogP) is 2.57. The highest BCUT2D eigenvalue weighted by molar-refractivity contribution is 9.10. The topological polar surface area (TPSA) is 47.8 Å². The third-order valence-corrected chi connectivity index (χ3v) is 3.39. The van der Waals surface area contributed by atoms with E-state index in [0.717, 1.165) is 22.3 Å². The highest BCUT2D eigenvalue weighted by atomic mass is 79.9. The summed E-state index contributed by atoms with van der Waals surface area (Å²) in [6.07, 6.45) is 2.81. The molecule has 0 atom stereocenters. The lowest BCUT2D eigenvalue weighted by Crippen LogP contribution is -2.10. The molecule has 0 saturated carbocycles. The zero-order valence-corrected chi connectivity index (χ0v) is 11.9. The molecule has 0 aromatic carbocycles. The Labute approximate surface area is 114 Å². The number of nitrogens with zero attached hydrogens (tertiary/aromatic N) is 3. The molecule has 0 amide bonds. The van der Waals surface area contributed by atoms with E-state index in [0.29, 0.717) is 12.1 Å². The normalized spacial score (nSPS) is 10.6. The predicted molar refractivity (Wildman–Crippen MR) is 72.6 cm³/mol. The molecule has 0 saturated heterocycles. The average molecular weight is 308 g/mol. The van der Waals surface area contributed by atoms with Gasteiger partial charge in [0.25, 0.3) is 0 Å². The SMILES string of the molecule is CCc1cc(CC(=O)c2ncccc2Br)n(C)n1. The first-order chi connectivity index (χ1) is 8.61. The first-order valence-corrected chi connectivity index (χ1v) is 6.56. The number of carbonyl (C=O) groups excluding carboxylic acids is 1. The molecule has 2 aromatic rings. The molecule has 2 rings (SSSR count). The molecule has 0 spiro atoms. The van der Waals surface area contributed by atoms with E-state index in [2.05, 4.69) is 26.0 Å². The summed E-state index contributed by atoms with van der Waals surface area (Å²) >= 11 is 3.34. The van der Waals surface area contributed by atoms with Gasteiger partial charge in [-0.25, -0.2) is 0 Å². The number of hydrogen-bond acceptors (Lipinski definition) is 3. The van der Waals surface area contributed by atoms with Crippen molar-refractivity contribution in [3.05, 3.63) is 46.0 Å². The molecular weight excluding hydrogens is 294 g/mol. The Morgan fingerprint density at radius 1 is 1.50 bits per heavy atom. The van der Waals surface area contributed by atoms with Crippen LogP contribution >= 0.6 is 15.9 Å². The lowest BCUT2D eigenvalue weighted by Gasteiger charge is -2.02. The molecule has 18 heavy (non-hydrogen) atoms. The molecule has 5 heteroatoms. The van der Waals surface area contributed by atoms with E-state index in [9.17, 15) is 4.79 Å². The quantitative estimate of drug-likeness (QED) is 0.816. The van der Waals surface area contributed by atoms with Gasteiger partial charge in [-0.05, 0) is 40.5 Å². The van der Waals surface area contributed by atoms with Crippen LogP contribution in [0, 0.1) is 0 Å². The molecule has 0 aliphatic heterocycles. The molecule has 0 radical (unpaired) electrons. The van der Waals surface area contributed by atoms with E-state index in [1.54, 1.807) is 16.9 Å². The van der Waals surface area contributed by atoms with Gasteiger partial charge in [0.2, 0.25) is 0 Å². The fourth-order valence-electron chi connectivity index (χ4n) is 1.75. The minimum Gasteiger partial charge on any atom is -0.292 e. The van der Waals surface area contributed by atoms with Crippen LogP contribution in [-0.2, 0) is 19.9 Å². The minimum absolute atomic E-state index is 0.00636. The first-order valence-electron chi connectivity index (χ1n) is 5.77. The molecule has 0 unspecified atom stereocenters. The number of aromatic nitrogens is 3. The molecule has 94 valence electrons. The van der Waals surface area contributed by atoms with Gasteiger partial charge in [0.1, 0.15) is 5.69 Å². The van der Waals surface area contributed by atoms with Gasteiger partial charge >= 0.3 is 0 Å². The van der Waals surface area contributed by atoms with Crippen LogP contribution in [0.4, 0.5) is 0 Å². The summed E-state index contributed by atoms with van der Waals surface area (Å²) in [5.74, 6) is -0.00636. The van der Waals surface area contributed by atoms with Crippen LogP contribution in [0.1, 0.15) is 28.8 Å². The van der Waals surface area contributed by atoms with Crippen LogP contribution in [0.15, 0.2) is 28.9 Å². The summed E-state index contributed by atoms with van der Waals surface area (Å²) in [6, 6.07) is 5.58. The molecule has 0 fully saturated rings. The van der Waals surface area contributed by atoms with Crippen LogP contribution < -0.4 is 0 Å². The Morgan fingerprint density at radius 2 is 2.28 bits per heavy atom. The van der Waals surface area contributed by atoms with Gasteiger partial charge in [-0.2, -0.15) is 5.10 Å². The van der Waals surface area contributed by atoms with Crippen molar-refractivity contribution in [1.29, 1.82) is 0 Å². The number of rotatable bonds is 4. The van der Waals surface area contributed by atoms with Crippen molar-refractivity contribution in [2.24, 2.45) is 7.05 Å². The Hall–Kier alpha value is -1.49. The molecular formula is C13H14BrN3O. The molecule has 4 nitrogen and oxygen atoms in total. The van der Waals surface area contributed by atoms with Crippen LogP contribution in [0.5, 0.6) is 0 Å². The lowest BCUT2D eigenvalue weighted by molar-refractivity contribution is 0.0985. The van der Waals surface area contributed by atoms with E-state index in [1.165, 1.54) is 0 Å². The van der Waals surface area contributed by atoms with Crippen molar-refractivity contribution >= 4 is 21.7 Å². The molecule has 2 aromatic heterocycles. The molecule has 0 bridgehead atoms. The molecule has 0 N–H and O–H groups in total. The Balaban J connectivity index is 2.21. The van der Waals surface area contributed by atoms with Crippen molar-refractivity contribution < 1.29 is 4.79 Å². The van der Waals surface area contributed by atoms with Crippen molar-refractivity contribution in [3.8, 4) is 0 Å².